The summed E-state index contributed by atoms with van der Waals surface area (Å²) in [7, 11) is 0. The molecule has 0 heterocycles. The molecule has 0 amide bonds. The highest BCUT2D eigenvalue weighted by Gasteiger charge is 1.87. The molecule has 0 aliphatic carbocycles. The van der Waals surface area contributed by atoms with Crippen LogP contribution in [0.5, 0.6) is 0 Å². The van der Waals surface area contributed by atoms with Gasteiger partial charge in [-0.3, -0.25) is 10.0 Å². The third-order valence-corrected chi connectivity index (χ3v) is 1.42. The topological polar surface area (TPSA) is 28.0 Å². The lowest BCUT2D eigenvalue weighted by atomic mass is 10.5. The summed E-state index contributed by atoms with van der Waals surface area (Å²) in [6.07, 6.45) is 15.3. The predicted octanol–water partition coefficient (Wildman–Crippen LogP) is 2.44. The largest absolute Gasteiger partial charge is 0.270 e. The summed E-state index contributed by atoms with van der Waals surface area (Å²) >= 11 is 0. The van der Waals surface area contributed by atoms with E-state index in [1.165, 1.54) is 0 Å². The molecule has 0 saturated carbocycles. The van der Waals surface area contributed by atoms with Crippen molar-refractivity contribution < 1.29 is 0 Å². The third kappa shape index (κ3) is 8.51. The molecule has 0 radical (unpaired) electrons. The van der Waals surface area contributed by atoms with Gasteiger partial charge in [-0.05, 0) is 12.5 Å². The Labute approximate surface area is 91.9 Å². The number of hydrogen-bond donors (Lipinski definition) is 0. The molecule has 0 fully saturated rings. The maximum atomic E-state index is 5.06. The molecule has 0 atom stereocenters. The Balaban J connectivity index is 3.85. The number of aliphatic imine (C=N–C) groups is 1. The van der Waals surface area contributed by atoms with Gasteiger partial charge in [0.2, 0.25) is 0 Å². The summed E-state index contributed by atoms with van der Waals surface area (Å²) in [6, 6.07) is 0. The van der Waals surface area contributed by atoms with E-state index < -0.39 is 0 Å². The van der Waals surface area contributed by atoms with Crippen LogP contribution in [-0.4, -0.2) is 24.0 Å². The van der Waals surface area contributed by atoms with Gasteiger partial charge in [0.15, 0.2) is 0 Å². The van der Waals surface area contributed by atoms with Crippen molar-refractivity contribution in [1.29, 1.82) is 0 Å². The van der Waals surface area contributed by atoms with Crippen LogP contribution in [-0.2, 0) is 0 Å². The van der Waals surface area contributed by atoms with Gasteiger partial charge in [-0.1, -0.05) is 13.5 Å². The smallest absolute Gasteiger partial charge is 0.0607 e. The van der Waals surface area contributed by atoms with Gasteiger partial charge in [0.25, 0.3) is 0 Å². The molecule has 0 spiro atoms. The first-order chi connectivity index (χ1) is 7.35. The van der Waals surface area contributed by atoms with Crippen molar-refractivity contribution in [2.45, 2.75) is 19.8 Å². The van der Waals surface area contributed by atoms with Crippen LogP contribution in [0.2, 0.25) is 0 Å². The normalized spacial score (nSPS) is 11.2. The molecule has 0 aromatic carbocycles. The molecule has 0 saturated heterocycles. The van der Waals surface area contributed by atoms with Crippen molar-refractivity contribution >= 4 is 12.4 Å². The second-order valence-corrected chi connectivity index (χ2v) is 2.64. The van der Waals surface area contributed by atoms with Crippen LogP contribution in [0.1, 0.15) is 19.8 Å². The van der Waals surface area contributed by atoms with E-state index in [1.54, 1.807) is 23.6 Å². The average molecular weight is 203 g/mol. The lowest BCUT2D eigenvalue weighted by Gasteiger charge is -2.09. The summed E-state index contributed by atoms with van der Waals surface area (Å²) < 4.78 is 0. The highest BCUT2D eigenvalue weighted by molar-refractivity contribution is 5.61. The Morgan fingerprint density at radius 2 is 2.27 bits per heavy atom. The minimum atomic E-state index is 0.559. The Kier molecular flexibility index (Phi) is 9.02. The molecule has 0 rings (SSSR count). The molecule has 0 bridgehead atoms. The number of hydrazone groups is 1. The standard InChI is InChI=1S/C12H17N3/c1-4-7-10-13-11-8-12-15(6-3)14-9-5-2/h1,6,8-11H,3,5,7,12H2,2H3/b11-8-,13-10?,14-9-. The van der Waals surface area contributed by atoms with E-state index in [0.717, 1.165) is 6.42 Å². The molecule has 0 aliphatic heterocycles. The molecule has 80 valence electrons. The third-order valence-electron chi connectivity index (χ3n) is 1.42. The van der Waals surface area contributed by atoms with Gasteiger partial charge < -0.3 is 0 Å². The first kappa shape index (κ1) is 13.2. The molecule has 0 aliphatic rings. The first-order valence-corrected chi connectivity index (χ1v) is 4.86. The van der Waals surface area contributed by atoms with E-state index in [2.05, 4.69) is 22.6 Å². The minimum absolute atomic E-state index is 0.559. The van der Waals surface area contributed by atoms with Gasteiger partial charge in [0, 0.05) is 31.2 Å². The number of hydrogen-bond acceptors (Lipinski definition) is 3. The summed E-state index contributed by atoms with van der Waals surface area (Å²) in [5.74, 6) is 2.47. The zero-order valence-corrected chi connectivity index (χ0v) is 9.13. The quantitative estimate of drug-likeness (QED) is 0.355. The summed E-state index contributed by atoms with van der Waals surface area (Å²) in [4.78, 5) is 3.99. The highest BCUT2D eigenvalue weighted by Crippen LogP contribution is 1.90. The molecule has 0 unspecified atom stereocenters. The van der Waals surface area contributed by atoms with E-state index in [0.29, 0.717) is 13.0 Å². The van der Waals surface area contributed by atoms with Gasteiger partial charge in [0.05, 0.1) is 6.54 Å². The van der Waals surface area contributed by atoms with Crippen molar-refractivity contribution in [2.24, 2.45) is 10.1 Å². The number of nitrogens with zero attached hydrogens (tertiary/aromatic N) is 3. The van der Waals surface area contributed by atoms with Crippen LogP contribution in [0.25, 0.3) is 0 Å². The molecule has 3 heteroatoms. The second-order valence-electron chi connectivity index (χ2n) is 2.64. The molecular weight excluding hydrogens is 186 g/mol. The lowest BCUT2D eigenvalue weighted by Crippen LogP contribution is -2.08. The highest BCUT2D eigenvalue weighted by atomic mass is 15.4. The predicted molar refractivity (Wildman–Crippen MR) is 66.8 cm³/mol. The van der Waals surface area contributed by atoms with Crippen molar-refractivity contribution in [2.75, 3.05) is 6.54 Å². The van der Waals surface area contributed by atoms with Crippen LogP contribution < -0.4 is 0 Å². The lowest BCUT2D eigenvalue weighted by molar-refractivity contribution is 0.446. The monoisotopic (exact) mass is 203 g/mol. The molecule has 0 aromatic heterocycles. The number of terminal acetylenes is 1. The molecule has 0 N–H and O–H groups in total. The zero-order valence-electron chi connectivity index (χ0n) is 9.13. The van der Waals surface area contributed by atoms with Gasteiger partial charge >= 0.3 is 0 Å². The van der Waals surface area contributed by atoms with E-state index in [9.17, 15) is 0 Å². The Morgan fingerprint density at radius 3 is 2.87 bits per heavy atom. The van der Waals surface area contributed by atoms with Crippen molar-refractivity contribution in [1.82, 2.24) is 5.01 Å². The van der Waals surface area contributed by atoms with Crippen molar-refractivity contribution in [3.05, 3.63) is 25.1 Å². The Bertz CT molecular complexity index is 282. The summed E-state index contributed by atoms with van der Waals surface area (Å²) in [5, 5.41) is 5.88. The molecule has 3 nitrogen and oxygen atoms in total. The van der Waals surface area contributed by atoms with Crippen LogP contribution >= 0.6 is 0 Å². The number of rotatable bonds is 7. The van der Waals surface area contributed by atoms with E-state index in [4.69, 9.17) is 6.42 Å². The molecule has 15 heavy (non-hydrogen) atoms. The van der Waals surface area contributed by atoms with Gasteiger partial charge in [-0.2, -0.15) is 5.10 Å². The molecule has 0 aromatic rings. The fraction of sp³-hybridized carbons (Fsp3) is 0.333. The van der Waals surface area contributed by atoms with Crippen LogP contribution in [0.4, 0.5) is 0 Å². The minimum Gasteiger partial charge on any atom is -0.270 e. The summed E-state index contributed by atoms with van der Waals surface area (Å²) in [5.41, 5.74) is 0. The van der Waals surface area contributed by atoms with E-state index >= 15 is 0 Å². The Hall–Kier alpha value is -1.82. The van der Waals surface area contributed by atoms with E-state index in [1.807, 2.05) is 19.2 Å². The second kappa shape index (κ2) is 10.3. The average Bonchev–Trinajstić information content (AvgIpc) is 2.27. The van der Waals surface area contributed by atoms with Crippen molar-refractivity contribution in [3.8, 4) is 12.3 Å². The van der Waals surface area contributed by atoms with Crippen molar-refractivity contribution in [3.63, 3.8) is 0 Å². The fourth-order valence-electron chi connectivity index (χ4n) is 0.738. The fourth-order valence-corrected chi connectivity index (χ4v) is 0.738. The van der Waals surface area contributed by atoms with Gasteiger partial charge in [0.1, 0.15) is 0 Å². The van der Waals surface area contributed by atoms with Crippen LogP contribution in [0, 0.1) is 12.3 Å². The van der Waals surface area contributed by atoms with E-state index in [-0.39, 0.29) is 0 Å². The maximum absolute atomic E-state index is 5.06. The zero-order chi connectivity index (χ0) is 11.4. The summed E-state index contributed by atoms with van der Waals surface area (Å²) in [6.45, 7) is 6.35. The van der Waals surface area contributed by atoms with Crippen LogP contribution in [0.15, 0.2) is 35.1 Å². The SMILES string of the molecule is C#CCC=N/C=C\CN(C=C)/N=C\CC. The first-order valence-electron chi connectivity index (χ1n) is 4.86. The maximum Gasteiger partial charge on any atom is 0.0607 e. The molecular formula is C12H17N3. The van der Waals surface area contributed by atoms with Crippen LogP contribution in [0.3, 0.4) is 0 Å². The Morgan fingerprint density at radius 1 is 1.47 bits per heavy atom. The van der Waals surface area contributed by atoms with Gasteiger partial charge in [-0.15, -0.1) is 12.3 Å². The van der Waals surface area contributed by atoms with Gasteiger partial charge in [-0.25, -0.2) is 0 Å².